The molecule has 3 aromatic heterocycles. The van der Waals surface area contributed by atoms with Gasteiger partial charge in [0.25, 0.3) is 0 Å². The molecule has 196 valence electrons. The second-order valence-electron chi connectivity index (χ2n) is 10.8. The molecule has 6 aromatic carbocycles. The minimum absolute atomic E-state index is 0.922. The van der Waals surface area contributed by atoms with Crippen LogP contribution in [0, 0.1) is 0 Å². The number of benzene rings is 6. The third-order valence-corrected chi connectivity index (χ3v) is 8.51. The maximum absolute atomic E-state index is 6.27. The molecule has 0 radical (unpaired) electrons. The zero-order chi connectivity index (χ0) is 27.6. The first-order valence-electron chi connectivity index (χ1n) is 14.2. The molecule has 0 aliphatic heterocycles. The van der Waals surface area contributed by atoms with Crippen molar-refractivity contribution in [3.8, 4) is 33.4 Å². The van der Waals surface area contributed by atoms with Gasteiger partial charge in [-0.1, -0.05) is 115 Å². The summed E-state index contributed by atoms with van der Waals surface area (Å²) in [7, 11) is 0. The third-order valence-electron chi connectivity index (χ3n) is 8.51. The maximum Gasteiger partial charge on any atom is 0.145 e. The number of imidazole rings is 1. The smallest absolute Gasteiger partial charge is 0.145 e. The van der Waals surface area contributed by atoms with Gasteiger partial charge in [-0.2, -0.15) is 0 Å². The number of pyridine rings is 1. The predicted molar refractivity (Wildman–Crippen MR) is 174 cm³/mol. The van der Waals surface area contributed by atoms with Gasteiger partial charge in [-0.3, -0.25) is 4.40 Å². The largest absolute Gasteiger partial charge is 0.455 e. The average molecular weight is 537 g/mol. The molecular formula is C39H24N2O. The van der Waals surface area contributed by atoms with E-state index in [0.717, 1.165) is 38.7 Å². The number of hydrogen-bond acceptors (Lipinski definition) is 2. The van der Waals surface area contributed by atoms with Crippen LogP contribution in [0.15, 0.2) is 150 Å². The van der Waals surface area contributed by atoms with Crippen LogP contribution in [0.3, 0.4) is 0 Å². The monoisotopic (exact) mass is 536 g/mol. The summed E-state index contributed by atoms with van der Waals surface area (Å²) in [4.78, 5) is 4.62. The summed E-state index contributed by atoms with van der Waals surface area (Å²) in [6, 6.07) is 47.5. The molecule has 0 unspecified atom stereocenters. The van der Waals surface area contributed by atoms with Crippen molar-refractivity contribution < 1.29 is 4.42 Å². The van der Waals surface area contributed by atoms with Crippen LogP contribution in [0.1, 0.15) is 0 Å². The van der Waals surface area contributed by atoms with Crippen molar-refractivity contribution >= 4 is 49.3 Å². The molecule has 0 atom stereocenters. The van der Waals surface area contributed by atoms with E-state index in [-0.39, 0.29) is 0 Å². The van der Waals surface area contributed by atoms with Crippen molar-refractivity contribution in [3.63, 3.8) is 0 Å². The van der Waals surface area contributed by atoms with Gasteiger partial charge < -0.3 is 4.42 Å². The molecule has 0 saturated heterocycles. The Kier molecular flexibility index (Phi) is 4.90. The van der Waals surface area contributed by atoms with Gasteiger partial charge in [0.05, 0.1) is 5.52 Å². The molecule has 42 heavy (non-hydrogen) atoms. The number of para-hydroxylation sites is 2. The van der Waals surface area contributed by atoms with Crippen molar-refractivity contribution in [2.75, 3.05) is 0 Å². The zero-order valence-electron chi connectivity index (χ0n) is 22.7. The summed E-state index contributed by atoms with van der Waals surface area (Å²) in [5.74, 6) is 0. The lowest BCUT2D eigenvalue weighted by atomic mass is 9.96. The molecule has 9 rings (SSSR count). The highest BCUT2D eigenvalue weighted by Gasteiger charge is 2.13. The van der Waals surface area contributed by atoms with Crippen molar-refractivity contribution in [3.05, 3.63) is 146 Å². The van der Waals surface area contributed by atoms with Gasteiger partial charge in [0, 0.05) is 39.5 Å². The number of hydrogen-bond donors (Lipinski definition) is 0. The fraction of sp³-hybridized carbons (Fsp3) is 0. The summed E-state index contributed by atoms with van der Waals surface area (Å²) >= 11 is 0. The van der Waals surface area contributed by atoms with Crippen molar-refractivity contribution in [2.24, 2.45) is 0 Å². The van der Waals surface area contributed by atoms with E-state index in [0.29, 0.717) is 0 Å². The summed E-state index contributed by atoms with van der Waals surface area (Å²) in [6.45, 7) is 0. The lowest BCUT2D eigenvalue weighted by Crippen LogP contribution is -1.91. The average Bonchev–Trinajstić information content (AvgIpc) is 3.71. The van der Waals surface area contributed by atoms with Gasteiger partial charge in [-0.15, -0.1) is 0 Å². The molecule has 0 aliphatic carbocycles. The van der Waals surface area contributed by atoms with Crippen LogP contribution in [0.5, 0.6) is 0 Å². The summed E-state index contributed by atoms with van der Waals surface area (Å²) in [5, 5.41) is 5.93. The number of aromatic nitrogens is 2. The van der Waals surface area contributed by atoms with E-state index in [1.165, 1.54) is 43.9 Å². The molecule has 3 heterocycles. The van der Waals surface area contributed by atoms with Gasteiger partial charge in [0.1, 0.15) is 16.8 Å². The Morgan fingerprint density at radius 1 is 0.476 bits per heavy atom. The van der Waals surface area contributed by atoms with E-state index in [4.69, 9.17) is 4.42 Å². The van der Waals surface area contributed by atoms with Crippen LogP contribution < -0.4 is 0 Å². The summed E-state index contributed by atoms with van der Waals surface area (Å²) in [6.07, 6.45) is 3.92. The number of rotatable bonds is 3. The fourth-order valence-electron chi connectivity index (χ4n) is 6.42. The van der Waals surface area contributed by atoms with Gasteiger partial charge in [0.15, 0.2) is 0 Å². The lowest BCUT2D eigenvalue weighted by Gasteiger charge is -2.11. The Balaban J connectivity index is 1.07. The van der Waals surface area contributed by atoms with Crippen molar-refractivity contribution in [1.29, 1.82) is 0 Å². The SMILES string of the molecule is c1ccc2c(c1)oc1c(-c3ccc(-c4ccc(-c5ccc6c(c5)c5ccccc5c5nccn65)cc4)cc3)cccc12. The molecule has 0 aliphatic rings. The number of fused-ring (bicyclic) bond motifs is 9. The normalized spacial score (nSPS) is 11.8. The molecule has 0 fully saturated rings. The van der Waals surface area contributed by atoms with Crippen LogP contribution in [0.25, 0.3) is 82.6 Å². The highest BCUT2D eigenvalue weighted by molar-refractivity contribution is 6.12. The van der Waals surface area contributed by atoms with E-state index in [2.05, 4.69) is 131 Å². The Hall–Kier alpha value is -5.67. The molecule has 0 N–H and O–H groups in total. The minimum Gasteiger partial charge on any atom is -0.455 e. The van der Waals surface area contributed by atoms with Crippen molar-refractivity contribution in [2.45, 2.75) is 0 Å². The van der Waals surface area contributed by atoms with Crippen LogP contribution in [0.2, 0.25) is 0 Å². The third kappa shape index (κ3) is 3.44. The second-order valence-corrected chi connectivity index (χ2v) is 10.8. The molecule has 3 heteroatoms. The van der Waals surface area contributed by atoms with Gasteiger partial charge in [-0.05, 0) is 51.4 Å². The second kappa shape index (κ2) is 8.92. The molecule has 0 amide bonds. The quantitative estimate of drug-likeness (QED) is 0.210. The fourth-order valence-corrected chi connectivity index (χ4v) is 6.42. The van der Waals surface area contributed by atoms with Crippen LogP contribution in [0.4, 0.5) is 0 Å². The Labute approximate surface area is 241 Å². The first-order chi connectivity index (χ1) is 20.8. The van der Waals surface area contributed by atoms with Crippen LogP contribution >= 0.6 is 0 Å². The Morgan fingerprint density at radius 3 is 1.88 bits per heavy atom. The number of furan rings is 1. The van der Waals surface area contributed by atoms with E-state index < -0.39 is 0 Å². The molecule has 3 nitrogen and oxygen atoms in total. The molecular weight excluding hydrogens is 512 g/mol. The zero-order valence-corrected chi connectivity index (χ0v) is 22.7. The highest BCUT2D eigenvalue weighted by Crippen LogP contribution is 2.37. The van der Waals surface area contributed by atoms with E-state index >= 15 is 0 Å². The number of nitrogens with zero attached hydrogens (tertiary/aromatic N) is 2. The van der Waals surface area contributed by atoms with E-state index in [9.17, 15) is 0 Å². The lowest BCUT2D eigenvalue weighted by molar-refractivity contribution is 0.670. The Morgan fingerprint density at radius 2 is 1.10 bits per heavy atom. The molecule has 0 bridgehead atoms. The minimum atomic E-state index is 0.922. The Bertz CT molecular complexity index is 2450. The van der Waals surface area contributed by atoms with Gasteiger partial charge in [-0.25, -0.2) is 4.98 Å². The molecule has 9 aromatic rings. The summed E-state index contributed by atoms with van der Waals surface area (Å²) in [5.41, 5.74) is 11.1. The molecule has 0 spiro atoms. The van der Waals surface area contributed by atoms with Gasteiger partial charge in [0.2, 0.25) is 0 Å². The van der Waals surface area contributed by atoms with Crippen LogP contribution in [-0.2, 0) is 0 Å². The summed E-state index contributed by atoms with van der Waals surface area (Å²) < 4.78 is 8.45. The predicted octanol–water partition coefficient (Wildman–Crippen LogP) is 10.5. The van der Waals surface area contributed by atoms with E-state index in [1.807, 2.05) is 24.5 Å². The van der Waals surface area contributed by atoms with Gasteiger partial charge >= 0.3 is 0 Å². The molecule has 0 saturated carbocycles. The maximum atomic E-state index is 6.27. The highest BCUT2D eigenvalue weighted by atomic mass is 16.3. The first-order valence-corrected chi connectivity index (χ1v) is 14.2. The topological polar surface area (TPSA) is 30.4 Å². The van der Waals surface area contributed by atoms with Crippen molar-refractivity contribution in [1.82, 2.24) is 9.38 Å². The van der Waals surface area contributed by atoms with E-state index in [1.54, 1.807) is 0 Å². The standard InChI is InChI=1S/C39H24N2O/c1-2-8-34-31(6-1)35-24-29(20-21-36(35)41-23-22-40-39(34)41)27-14-12-25(13-15-27)26-16-18-28(19-17-26)30-9-5-10-33-32-7-3-4-11-37(32)42-38(30)33/h1-24H. The first kappa shape index (κ1) is 23.1. The van der Waals surface area contributed by atoms with Crippen LogP contribution in [-0.4, -0.2) is 9.38 Å².